The van der Waals surface area contributed by atoms with E-state index in [1.807, 2.05) is 32.0 Å². The van der Waals surface area contributed by atoms with Gasteiger partial charge in [-0.25, -0.2) is 0 Å². The number of hydrogen-bond donors (Lipinski definition) is 0. The highest BCUT2D eigenvalue weighted by Gasteiger charge is 2.10. The van der Waals surface area contributed by atoms with Gasteiger partial charge < -0.3 is 9.47 Å². The standard InChI is InChI=1S/C11H15ClO2/c1-8(2)14-11-9(7-12)5-4-6-10(11)13-3/h4-6,8H,7H2,1-3H3. The molecular formula is C11H15ClO2. The molecule has 0 heterocycles. The predicted molar refractivity (Wildman–Crippen MR) is 58.3 cm³/mol. The van der Waals surface area contributed by atoms with Crippen LogP contribution in [0, 0.1) is 0 Å². The average molecular weight is 215 g/mol. The predicted octanol–water partition coefficient (Wildman–Crippen LogP) is 3.22. The normalized spacial score (nSPS) is 10.4. The van der Waals surface area contributed by atoms with Crippen molar-refractivity contribution in [1.82, 2.24) is 0 Å². The Bertz CT molecular complexity index is 275. The van der Waals surface area contributed by atoms with Crippen LogP contribution in [0.1, 0.15) is 19.4 Å². The molecule has 0 aliphatic rings. The van der Waals surface area contributed by atoms with Crippen LogP contribution in [0.3, 0.4) is 0 Å². The van der Waals surface area contributed by atoms with Gasteiger partial charge in [-0.15, -0.1) is 11.6 Å². The lowest BCUT2D eigenvalue weighted by atomic mass is 10.2. The van der Waals surface area contributed by atoms with Crippen molar-refractivity contribution in [2.24, 2.45) is 0 Å². The fourth-order valence-corrected chi connectivity index (χ4v) is 1.41. The number of benzene rings is 1. The number of halogens is 1. The van der Waals surface area contributed by atoms with E-state index in [0.29, 0.717) is 5.88 Å². The number of rotatable bonds is 4. The Balaban J connectivity index is 3.05. The van der Waals surface area contributed by atoms with Gasteiger partial charge in [-0.2, -0.15) is 0 Å². The molecule has 0 aliphatic carbocycles. The monoisotopic (exact) mass is 214 g/mol. The molecule has 0 saturated carbocycles. The molecule has 2 nitrogen and oxygen atoms in total. The van der Waals surface area contributed by atoms with Crippen molar-refractivity contribution in [2.75, 3.05) is 7.11 Å². The van der Waals surface area contributed by atoms with Crippen LogP contribution in [0.4, 0.5) is 0 Å². The molecule has 0 atom stereocenters. The van der Waals surface area contributed by atoms with E-state index < -0.39 is 0 Å². The summed E-state index contributed by atoms with van der Waals surface area (Å²) in [5.41, 5.74) is 0.958. The molecule has 1 aromatic rings. The maximum atomic E-state index is 5.81. The van der Waals surface area contributed by atoms with Gasteiger partial charge in [-0.05, 0) is 19.9 Å². The van der Waals surface area contributed by atoms with Gasteiger partial charge in [0.25, 0.3) is 0 Å². The molecule has 1 rings (SSSR count). The van der Waals surface area contributed by atoms with Crippen molar-refractivity contribution in [3.63, 3.8) is 0 Å². The van der Waals surface area contributed by atoms with Crippen molar-refractivity contribution >= 4 is 11.6 Å². The van der Waals surface area contributed by atoms with Crippen LogP contribution in [0.25, 0.3) is 0 Å². The van der Waals surface area contributed by atoms with E-state index in [4.69, 9.17) is 21.1 Å². The molecule has 0 bridgehead atoms. The van der Waals surface area contributed by atoms with Gasteiger partial charge in [0.05, 0.1) is 19.1 Å². The third kappa shape index (κ3) is 2.55. The van der Waals surface area contributed by atoms with E-state index in [1.54, 1.807) is 7.11 Å². The minimum Gasteiger partial charge on any atom is -0.493 e. The quantitative estimate of drug-likeness (QED) is 0.717. The van der Waals surface area contributed by atoms with Gasteiger partial charge in [0.2, 0.25) is 0 Å². The Kier molecular flexibility index (Phi) is 4.08. The Morgan fingerprint density at radius 2 is 2.07 bits per heavy atom. The van der Waals surface area contributed by atoms with Gasteiger partial charge in [0, 0.05) is 5.56 Å². The van der Waals surface area contributed by atoms with Crippen LogP contribution >= 0.6 is 11.6 Å². The summed E-state index contributed by atoms with van der Waals surface area (Å²) in [6.07, 6.45) is 0.119. The minimum absolute atomic E-state index is 0.119. The third-order valence-corrected chi connectivity index (χ3v) is 2.07. The maximum Gasteiger partial charge on any atom is 0.165 e. The smallest absolute Gasteiger partial charge is 0.165 e. The van der Waals surface area contributed by atoms with Crippen molar-refractivity contribution < 1.29 is 9.47 Å². The molecule has 0 unspecified atom stereocenters. The summed E-state index contributed by atoms with van der Waals surface area (Å²) in [4.78, 5) is 0. The van der Waals surface area contributed by atoms with Crippen LogP contribution in [0.15, 0.2) is 18.2 Å². The number of para-hydroxylation sites is 1. The molecule has 78 valence electrons. The van der Waals surface area contributed by atoms with E-state index in [0.717, 1.165) is 17.1 Å². The van der Waals surface area contributed by atoms with E-state index in [9.17, 15) is 0 Å². The number of ether oxygens (including phenoxy) is 2. The van der Waals surface area contributed by atoms with Crippen LogP contribution in [0.2, 0.25) is 0 Å². The van der Waals surface area contributed by atoms with Crippen LogP contribution in [0.5, 0.6) is 11.5 Å². The highest BCUT2D eigenvalue weighted by atomic mass is 35.5. The topological polar surface area (TPSA) is 18.5 Å². The lowest BCUT2D eigenvalue weighted by Crippen LogP contribution is -2.08. The maximum absolute atomic E-state index is 5.81. The first-order valence-corrected chi connectivity index (χ1v) is 5.11. The highest BCUT2D eigenvalue weighted by Crippen LogP contribution is 2.32. The summed E-state index contributed by atoms with van der Waals surface area (Å²) in [6, 6.07) is 5.71. The fraction of sp³-hybridized carbons (Fsp3) is 0.455. The zero-order chi connectivity index (χ0) is 10.6. The summed E-state index contributed by atoms with van der Waals surface area (Å²) in [6.45, 7) is 3.95. The van der Waals surface area contributed by atoms with E-state index >= 15 is 0 Å². The summed E-state index contributed by atoms with van der Waals surface area (Å²) in [7, 11) is 1.63. The molecule has 0 amide bonds. The van der Waals surface area contributed by atoms with E-state index in [1.165, 1.54) is 0 Å². The number of hydrogen-bond acceptors (Lipinski definition) is 2. The number of methoxy groups -OCH3 is 1. The lowest BCUT2D eigenvalue weighted by Gasteiger charge is -2.16. The van der Waals surface area contributed by atoms with Gasteiger partial charge in [-0.1, -0.05) is 12.1 Å². The molecule has 0 saturated heterocycles. The summed E-state index contributed by atoms with van der Waals surface area (Å²) in [5, 5.41) is 0. The first kappa shape index (κ1) is 11.2. The molecule has 1 aromatic carbocycles. The summed E-state index contributed by atoms with van der Waals surface area (Å²) in [5.74, 6) is 1.91. The zero-order valence-corrected chi connectivity index (χ0v) is 9.47. The second kappa shape index (κ2) is 5.11. The fourth-order valence-electron chi connectivity index (χ4n) is 1.20. The summed E-state index contributed by atoms with van der Waals surface area (Å²) < 4.78 is 10.9. The third-order valence-electron chi connectivity index (χ3n) is 1.78. The second-order valence-electron chi connectivity index (χ2n) is 3.25. The van der Waals surface area contributed by atoms with Crippen molar-refractivity contribution in [2.45, 2.75) is 25.8 Å². The Hall–Kier alpha value is -0.890. The largest absolute Gasteiger partial charge is 0.493 e. The second-order valence-corrected chi connectivity index (χ2v) is 3.52. The SMILES string of the molecule is COc1cccc(CCl)c1OC(C)C. The van der Waals surface area contributed by atoms with Gasteiger partial charge in [0.15, 0.2) is 11.5 Å². The van der Waals surface area contributed by atoms with E-state index in [-0.39, 0.29) is 6.10 Å². The highest BCUT2D eigenvalue weighted by molar-refractivity contribution is 6.17. The van der Waals surface area contributed by atoms with Crippen LogP contribution < -0.4 is 9.47 Å². The van der Waals surface area contributed by atoms with Crippen molar-refractivity contribution in [3.8, 4) is 11.5 Å². The molecule has 0 radical (unpaired) electrons. The molecule has 0 aromatic heterocycles. The summed E-state index contributed by atoms with van der Waals surface area (Å²) >= 11 is 5.81. The molecule has 14 heavy (non-hydrogen) atoms. The van der Waals surface area contributed by atoms with Gasteiger partial charge in [-0.3, -0.25) is 0 Å². The molecule has 0 fully saturated rings. The molecule has 0 N–H and O–H groups in total. The van der Waals surface area contributed by atoms with Gasteiger partial charge in [0.1, 0.15) is 0 Å². The average Bonchev–Trinajstić information content (AvgIpc) is 2.17. The van der Waals surface area contributed by atoms with Crippen LogP contribution in [-0.4, -0.2) is 13.2 Å². The minimum atomic E-state index is 0.119. The molecule has 0 spiro atoms. The van der Waals surface area contributed by atoms with Crippen LogP contribution in [-0.2, 0) is 5.88 Å². The van der Waals surface area contributed by atoms with Crippen molar-refractivity contribution in [1.29, 1.82) is 0 Å². The zero-order valence-electron chi connectivity index (χ0n) is 8.71. The first-order valence-electron chi connectivity index (χ1n) is 4.57. The number of alkyl halides is 1. The van der Waals surface area contributed by atoms with E-state index in [2.05, 4.69) is 0 Å². The molecule has 0 aliphatic heterocycles. The van der Waals surface area contributed by atoms with Crippen molar-refractivity contribution in [3.05, 3.63) is 23.8 Å². The molecular weight excluding hydrogens is 200 g/mol. The molecule has 3 heteroatoms. The lowest BCUT2D eigenvalue weighted by molar-refractivity contribution is 0.228. The Labute approximate surface area is 89.8 Å². The van der Waals surface area contributed by atoms with Gasteiger partial charge >= 0.3 is 0 Å². The Morgan fingerprint density at radius 1 is 1.36 bits per heavy atom. The Morgan fingerprint density at radius 3 is 2.57 bits per heavy atom. The first-order chi connectivity index (χ1) is 6.69.